The summed E-state index contributed by atoms with van der Waals surface area (Å²) in [6.45, 7) is 1.93. The van der Waals surface area contributed by atoms with Gasteiger partial charge in [-0.3, -0.25) is 9.59 Å². The zero-order chi connectivity index (χ0) is 16.4. The van der Waals surface area contributed by atoms with Gasteiger partial charge in [-0.05, 0) is 43.3 Å². The molecule has 4 heteroatoms. The molecular formula is C18H28O4. The number of carbonyl (C=O) groups excluding carboxylic acids is 1. The van der Waals surface area contributed by atoms with Crippen LogP contribution in [0.1, 0.15) is 71.1 Å². The third kappa shape index (κ3) is 7.03. The molecule has 0 aromatic rings. The van der Waals surface area contributed by atoms with E-state index in [4.69, 9.17) is 5.11 Å². The van der Waals surface area contributed by atoms with Crippen molar-refractivity contribution in [2.45, 2.75) is 77.2 Å². The highest BCUT2D eigenvalue weighted by molar-refractivity contribution is 5.99. The molecule has 0 saturated heterocycles. The highest BCUT2D eigenvalue weighted by atomic mass is 16.4. The van der Waals surface area contributed by atoms with Crippen LogP contribution in [0.2, 0.25) is 0 Å². The summed E-state index contributed by atoms with van der Waals surface area (Å²) in [6, 6.07) is 0. The molecule has 1 rings (SSSR count). The number of hydrogen-bond donors (Lipinski definition) is 2. The molecule has 22 heavy (non-hydrogen) atoms. The monoisotopic (exact) mass is 308 g/mol. The van der Waals surface area contributed by atoms with Gasteiger partial charge in [0.15, 0.2) is 5.78 Å². The van der Waals surface area contributed by atoms with Crippen molar-refractivity contribution in [3.05, 3.63) is 23.3 Å². The van der Waals surface area contributed by atoms with E-state index in [1.807, 2.05) is 13.0 Å². The number of carboxylic acids is 1. The highest BCUT2D eigenvalue weighted by Gasteiger charge is 2.20. The smallest absolute Gasteiger partial charge is 0.303 e. The fraction of sp³-hybridized carbons (Fsp3) is 0.667. The van der Waals surface area contributed by atoms with Crippen LogP contribution in [0.3, 0.4) is 0 Å². The molecule has 1 aliphatic carbocycles. The van der Waals surface area contributed by atoms with E-state index in [9.17, 15) is 14.7 Å². The summed E-state index contributed by atoms with van der Waals surface area (Å²) in [5.41, 5.74) is 2.02. The molecule has 0 aromatic heterocycles. The standard InChI is InChI=1S/C18H28O4/c1-2-15(19)12-10-14-11-13-17(20)16(14)8-6-4-3-5-7-9-18(21)22/h10,12,15,19H,2-9,11,13H2,1H3,(H,21,22)/b12-10+/t15-/m0/s1. The van der Waals surface area contributed by atoms with Crippen LogP contribution in [0.4, 0.5) is 0 Å². The van der Waals surface area contributed by atoms with E-state index >= 15 is 0 Å². The Bertz CT molecular complexity index is 434. The van der Waals surface area contributed by atoms with Crippen molar-refractivity contribution < 1.29 is 19.8 Å². The number of carbonyl (C=O) groups is 2. The second-order valence-corrected chi connectivity index (χ2v) is 5.92. The Kier molecular flexibility index (Phi) is 8.75. The molecule has 0 fully saturated rings. The number of carboxylic acid groups (broad SMARTS) is 1. The van der Waals surface area contributed by atoms with E-state index in [2.05, 4.69) is 0 Å². The number of Topliss-reactive ketones (excluding diaryl/α,β-unsaturated/α-hetero) is 1. The minimum Gasteiger partial charge on any atom is -0.481 e. The van der Waals surface area contributed by atoms with Gasteiger partial charge in [0.2, 0.25) is 0 Å². The lowest BCUT2D eigenvalue weighted by Gasteiger charge is -2.05. The van der Waals surface area contributed by atoms with Gasteiger partial charge in [0.1, 0.15) is 0 Å². The molecule has 0 spiro atoms. The maximum atomic E-state index is 11.9. The molecule has 1 aliphatic rings. The molecule has 0 radical (unpaired) electrons. The maximum Gasteiger partial charge on any atom is 0.303 e. The molecular weight excluding hydrogens is 280 g/mol. The van der Waals surface area contributed by atoms with E-state index in [1.54, 1.807) is 6.08 Å². The predicted octanol–water partition coefficient (Wildman–Crippen LogP) is 3.79. The fourth-order valence-electron chi connectivity index (χ4n) is 2.68. The lowest BCUT2D eigenvalue weighted by atomic mass is 10.0. The lowest BCUT2D eigenvalue weighted by Crippen LogP contribution is -1.99. The predicted molar refractivity (Wildman–Crippen MR) is 86.7 cm³/mol. The van der Waals surface area contributed by atoms with Crippen LogP contribution in [0.25, 0.3) is 0 Å². The molecule has 0 heterocycles. The molecule has 0 bridgehead atoms. The van der Waals surface area contributed by atoms with Gasteiger partial charge in [0.25, 0.3) is 0 Å². The molecule has 124 valence electrons. The van der Waals surface area contributed by atoms with Gasteiger partial charge >= 0.3 is 5.97 Å². The molecule has 1 atom stereocenters. The Hall–Kier alpha value is -1.42. The highest BCUT2D eigenvalue weighted by Crippen LogP contribution is 2.28. The Morgan fingerprint density at radius 2 is 1.86 bits per heavy atom. The fourth-order valence-corrected chi connectivity index (χ4v) is 2.68. The van der Waals surface area contributed by atoms with Crippen molar-refractivity contribution in [2.75, 3.05) is 0 Å². The topological polar surface area (TPSA) is 74.6 Å². The van der Waals surface area contributed by atoms with Crippen molar-refractivity contribution in [3.8, 4) is 0 Å². The normalized spacial score (nSPS) is 16.7. The van der Waals surface area contributed by atoms with Crippen molar-refractivity contribution in [3.63, 3.8) is 0 Å². The zero-order valence-corrected chi connectivity index (χ0v) is 13.5. The van der Waals surface area contributed by atoms with Gasteiger partial charge in [-0.15, -0.1) is 0 Å². The van der Waals surface area contributed by atoms with E-state index in [-0.39, 0.29) is 12.2 Å². The Morgan fingerprint density at radius 3 is 2.55 bits per heavy atom. The summed E-state index contributed by atoms with van der Waals surface area (Å²) in [6.07, 6.45) is 11.1. The molecule has 0 aliphatic heterocycles. The number of unbranched alkanes of at least 4 members (excludes halogenated alkanes) is 4. The van der Waals surface area contributed by atoms with Crippen LogP contribution < -0.4 is 0 Å². The zero-order valence-electron chi connectivity index (χ0n) is 13.5. The first-order valence-corrected chi connectivity index (χ1v) is 8.37. The Labute approximate surface area is 132 Å². The minimum absolute atomic E-state index is 0.247. The Morgan fingerprint density at radius 1 is 1.18 bits per heavy atom. The molecule has 0 amide bonds. The maximum absolute atomic E-state index is 11.9. The van der Waals surface area contributed by atoms with Gasteiger partial charge in [0, 0.05) is 12.8 Å². The number of allylic oxidation sites excluding steroid dienone is 3. The average Bonchev–Trinajstić information content (AvgIpc) is 2.84. The first-order chi connectivity index (χ1) is 10.5. The first-order valence-electron chi connectivity index (χ1n) is 8.37. The van der Waals surface area contributed by atoms with Crippen LogP contribution in [0.5, 0.6) is 0 Å². The summed E-state index contributed by atoms with van der Waals surface area (Å²) in [5.74, 6) is -0.482. The van der Waals surface area contributed by atoms with Crippen LogP contribution in [0.15, 0.2) is 23.3 Å². The van der Waals surface area contributed by atoms with Gasteiger partial charge < -0.3 is 10.2 Å². The number of aliphatic carboxylic acids is 1. The number of hydrogen-bond acceptors (Lipinski definition) is 3. The van der Waals surface area contributed by atoms with E-state index in [0.29, 0.717) is 12.8 Å². The van der Waals surface area contributed by atoms with Crippen molar-refractivity contribution in [2.24, 2.45) is 0 Å². The number of aliphatic hydroxyl groups is 1. The minimum atomic E-state index is -0.729. The number of rotatable bonds is 11. The molecule has 2 N–H and O–H groups in total. The molecule has 0 saturated carbocycles. The largest absolute Gasteiger partial charge is 0.481 e. The van der Waals surface area contributed by atoms with Gasteiger partial charge in [-0.1, -0.05) is 38.3 Å². The third-order valence-corrected chi connectivity index (χ3v) is 4.10. The van der Waals surface area contributed by atoms with Crippen LogP contribution in [-0.4, -0.2) is 28.1 Å². The summed E-state index contributed by atoms with van der Waals surface area (Å²) in [4.78, 5) is 22.3. The molecule has 0 unspecified atom stereocenters. The van der Waals surface area contributed by atoms with Crippen molar-refractivity contribution in [1.82, 2.24) is 0 Å². The number of aliphatic hydroxyl groups excluding tert-OH is 1. The quantitative estimate of drug-likeness (QED) is 0.569. The van der Waals surface area contributed by atoms with E-state index in [0.717, 1.165) is 56.1 Å². The van der Waals surface area contributed by atoms with Gasteiger partial charge in [-0.25, -0.2) is 0 Å². The summed E-state index contributed by atoms with van der Waals surface area (Å²) in [7, 11) is 0. The Balaban J connectivity index is 2.33. The third-order valence-electron chi connectivity index (χ3n) is 4.10. The van der Waals surface area contributed by atoms with E-state index < -0.39 is 12.1 Å². The van der Waals surface area contributed by atoms with E-state index in [1.165, 1.54) is 0 Å². The summed E-state index contributed by atoms with van der Waals surface area (Å²) >= 11 is 0. The van der Waals surface area contributed by atoms with Crippen molar-refractivity contribution in [1.29, 1.82) is 0 Å². The molecule has 0 aromatic carbocycles. The molecule has 4 nitrogen and oxygen atoms in total. The van der Waals surface area contributed by atoms with Crippen LogP contribution >= 0.6 is 0 Å². The average molecular weight is 308 g/mol. The van der Waals surface area contributed by atoms with Gasteiger partial charge in [-0.2, -0.15) is 0 Å². The van der Waals surface area contributed by atoms with Crippen LogP contribution in [0, 0.1) is 0 Å². The van der Waals surface area contributed by atoms with Gasteiger partial charge in [0.05, 0.1) is 6.10 Å². The first kappa shape index (κ1) is 18.6. The second-order valence-electron chi connectivity index (χ2n) is 5.92. The SMILES string of the molecule is CC[C@H](O)/C=C/C1=C(CCCCCCCC(=O)O)C(=O)CC1. The summed E-state index contributed by atoms with van der Waals surface area (Å²) in [5, 5.41) is 18.1. The van der Waals surface area contributed by atoms with Crippen LogP contribution in [-0.2, 0) is 9.59 Å². The van der Waals surface area contributed by atoms with Crippen molar-refractivity contribution >= 4 is 11.8 Å². The number of ketones is 1. The summed E-state index contributed by atoms with van der Waals surface area (Å²) < 4.78 is 0. The second kappa shape index (κ2) is 10.3. The lowest BCUT2D eigenvalue weighted by molar-refractivity contribution is -0.137.